The molecule has 2 heterocycles. The van der Waals surface area contributed by atoms with E-state index in [0.717, 1.165) is 37.0 Å². The zero-order valence-corrected chi connectivity index (χ0v) is 21.1. The third-order valence-corrected chi connectivity index (χ3v) is 7.39. The van der Waals surface area contributed by atoms with Gasteiger partial charge in [-0.2, -0.15) is 13.2 Å². The molecule has 5 rings (SSSR count). The van der Waals surface area contributed by atoms with E-state index < -0.39 is 30.3 Å². The molecule has 1 atom stereocenters. The number of ether oxygens (including phenoxy) is 1. The van der Waals surface area contributed by atoms with Crippen molar-refractivity contribution in [1.82, 2.24) is 14.5 Å². The number of alkyl halides is 3. The molecule has 1 aromatic heterocycles. The predicted octanol–water partition coefficient (Wildman–Crippen LogP) is 5.88. The van der Waals surface area contributed by atoms with Gasteiger partial charge in [0.2, 0.25) is 0 Å². The molecule has 206 valence electrons. The summed E-state index contributed by atoms with van der Waals surface area (Å²) in [5.41, 5.74) is 1.21. The van der Waals surface area contributed by atoms with Crippen LogP contribution in [0.5, 0.6) is 5.75 Å². The number of rotatable bonds is 5. The van der Waals surface area contributed by atoms with Crippen LogP contribution in [0, 0.1) is 24.5 Å². The highest BCUT2D eigenvalue weighted by atomic mass is 19.4. The zero-order chi connectivity index (χ0) is 27.9. The third kappa shape index (κ3) is 5.67. The quantitative estimate of drug-likeness (QED) is 0.374. The first-order valence-electron chi connectivity index (χ1n) is 12.7. The van der Waals surface area contributed by atoms with Gasteiger partial charge in [0, 0.05) is 12.1 Å². The van der Waals surface area contributed by atoms with Gasteiger partial charge in [-0.1, -0.05) is 24.6 Å². The smallest absolute Gasteiger partial charge is 0.407 e. The molecule has 39 heavy (non-hydrogen) atoms. The highest BCUT2D eigenvalue weighted by molar-refractivity contribution is 5.71. The minimum Gasteiger partial charge on any atom is -0.407 e. The lowest BCUT2D eigenvalue weighted by atomic mass is 9.77. The van der Waals surface area contributed by atoms with Crippen molar-refractivity contribution in [3.8, 4) is 5.75 Å². The van der Waals surface area contributed by atoms with Crippen molar-refractivity contribution in [2.75, 3.05) is 6.54 Å². The normalized spacial score (nSPS) is 16.4. The lowest BCUT2D eigenvalue weighted by molar-refractivity contribution is -0.127. The van der Waals surface area contributed by atoms with Crippen LogP contribution in [0.25, 0.3) is 0 Å². The van der Waals surface area contributed by atoms with Crippen LogP contribution in [-0.2, 0) is 19.4 Å². The number of amides is 1. The Hall–Kier alpha value is -3.76. The molecule has 2 aromatic carbocycles. The first-order valence-corrected chi connectivity index (χ1v) is 12.7. The fourth-order valence-electron chi connectivity index (χ4n) is 5.28. The molecule has 1 aliphatic carbocycles. The Morgan fingerprint density at radius 1 is 1.13 bits per heavy atom. The van der Waals surface area contributed by atoms with E-state index in [1.807, 2.05) is 0 Å². The zero-order valence-electron chi connectivity index (χ0n) is 21.1. The van der Waals surface area contributed by atoms with Crippen LogP contribution in [0.1, 0.15) is 53.5 Å². The largest absolute Gasteiger partial charge is 0.415 e. The van der Waals surface area contributed by atoms with Gasteiger partial charge in [0.1, 0.15) is 11.6 Å². The van der Waals surface area contributed by atoms with Gasteiger partial charge in [-0.25, -0.2) is 18.6 Å². The summed E-state index contributed by atoms with van der Waals surface area (Å²) in [7, 11) is 0. The maximum Gasteiger partial charge on any atom is 0.415 e. The second-order valence-electron chi connectivity index (χ2n) is 10.0. The monoisotopic (exact) mass is 547 g/mol. The number of hydrogen-bond acceptors (Lipinski definition) is 4. The van der Waals surface area contributed by atoms with Gasteiger partial charge in [-0.05, 0) is 67.5 Å². The number of nitrogens with zero attached hydrogens (tertiary/aromatic N) is 3. The lowest BCUT2D eigenvalue weighted by Gasteiger charge is -2.37. The molecule has 11 heteroatoms. The van der Waals surface area contributed by atoms with Gasteiger partial charge in [0.15, 0.2) is 11.6 Å². The molecule has 0 N–H and O–H groups in total. The van der Waals surface area contributed by atoms with Gasteiger partial charge in [0.05, 0.1) is 24.7 Å². The highest BCUT2D eigenvalue weighted by Gasteiger charge is 2.34. The first-order chi connectivity index (χ1) is 18.5. The Labute approximate surface area is 221 Å². The fourth-order valence-corrected chi connectivity index (χ4v) is 5.28. The SMILES string of the molecule is Cc1nc2c(c(=O)n1C(c1ccc(F)cc1)C1CCC1)CCN(C(=O)Oc1ccc(CC(F)(F)F)cc1F)C2. The average Bonchev–Trinajstić information content (AvgIpc) is 2.83. The Kier molecular flexibility index (Phi) is 7.17. The minimum atomic E-state index is -4.49. The second-order valence-corrected chi connectivity index (χ2v) is 10.0. The van der Waals surface area contributed by atoms with Crippen LogP contribution >= 0.6 is 0 Å². The van der Waals surface area contributed by atoms with Crippen molar-refractivity contribution in [1.29, 1.82) is 0 Å². The van der Waals surface area contributed by atoms with E-state index in [1.165, 1.54) is 17.0 Å². The van der Waals surface area contributed by atoms with E-state index in [9.17, 15) is 31.5 Å². The molecule has 0 bridgehead atoms. The Morgan fingerprint density at radius 3 is 2.46 bits per heavy atom. The number of benzene rings is 2. The van der Waals surface area contributed by atoms with E-state index in [0.29, 0.717) is 23.1 Å². The molecule has 0 spiro atoms. The number of halogens is 5. The topological polar surface area (TPSA) is 64.4 Å². The molecule has 1 amide bonds. The van der Waals surface area contributed by atoms with E-state index in [4.69, 9.17) is 4.74 Å². The number of carbonyl (C=O) groups is 1. The summed E-state index contributed by atoms with van der Waals surface area (Å²) in [6.45, 7) is 1.79. The summed E-state index contributed by atoms with van der Waals surface area (Å²) in [5, 5.41) is 0. The second kappa shape index (κ2) is 10.4. The molecule has 0 saturated heterocycles. The number of hydrogen-bond donors (Lipinski definition) is 0. The van der Waals surface area contributed by atoms with Crippen LogP contribution in [-0.4, -0.2) is 33.3 Å². The summed E-state index contributed by atoms with van der Waals surface area (Å²) >= 11 is 0. The highest BCUT2D eigenvalue weighted by Crippen LogP contribution is 2.40. The lowest BCUT2D eigenvalue weighted by Crippen LogP contribution is -2.44. The number of aryl methyl sites for hydroxylation is 1. The molecule has 0 radical (unpaired) electrons. The Morgan fingerprint density at radius 2 is 1.85 bits per heavy atom. The minimum absolute atomic E-state index is 0.0382. The molecule has 3 aromatic rings. The van der Waals surface area contributed by atoms with E-state index >= 15 is 0 Å². The van der Waals surface area contributed by atoms with Gasteiger partial charge in [-0.15, -0.1) is 0 Å². The van der Waals surface area contributed by atoms with Crippen molar-refractivity contribution >= 4 is 6.09 Å². The number of fused-ring (bicyclic) bond motifs is 1. The summed E-state index contributed by atoms with van der Waals surface area (Å²) < 4.78 is 72.4. The van der Waals surface area contributed by atoms with E-state index in [-0.39, 0.29) is 48.4 Å². The molecule has 2 aliphatic rings. The fraction of sp³-hybridized carbons (Fsp3) is 0.393. The van der Waals surface area contributed by atoms with E-state index in [1.54, 1.807) is 23.6 Å². The van der Waals surface area contributed by atoms with E-state index in [2.05, 4.69) is 4.98 Å². The standard InChI is InChI=1S/C28H26F5N3O3/c1-16-34-23-15-35(27(38)39-24-10-5-17(13-22(24)30)14-28(31,32)33)12-11-21(23)26(37)36(16)25(18-3-2-4-18)19-6-8-20(29)9-7-19/h5-10,13,18,25H,2-4,11-12,14-15H2,1H3. The van der Waals surface area contributed by atoms with Crippen molar-refractivity contribution in [2.45, 2.75) is 57.8 Å². The maximum atomic E-state index is 14.3. The predicted molar refractivity (Wildman–Crippen MR) is 131 cm³/mol. The number of carbonyl (C=O) groups excluding carboxylic acids is 1. The molecule has 6 nitrogen and oxygen atoms in total. The molecule has 1 unspecified atom stereocenters. The van der Waals surface area contributed by atoms with Crippen molar-refractivity contribution < 1.29 is 31.5 Å². The molecule has 1 fully saturated rings. The van der Waals surface area contributed by atoms with Crippen LogP contribution < -0.4 is 10.3 Å². The molecule has 1 saturated carbocycles. The van der Waals surface area contributed by atoms with Crippen LogP contribution in [0.4, 0.5) is 26.7 Å². The van der Waals surface area contributed by atoms with Gasteiger partial charge in [0.25, 0.3) is 5.56 Å². The Bertz CT molecular complexity index is 1450. The first kappa shape index (κ1) is 26.8. The number of aromatic nitrogens is 2. The molecule has 1 aliphatic heterocycles. The molecular weight excluding hydrogens is 521 g/mol. The van der Waals surface area contributed by atoms with Crippen molar-refractivity contribution in [3.05, 3.63) is 92.7 Å². The van der Waals surface area contributed by atoms with Gasteiger partial charge < -0.3 is 9.64 Å². The van der Waals surface area contributed by atoms with Crippen LogP contribution in [0.3, 0.4) is 0 Å². The Balaban J connectivity index is 1.36. The summed E-state index contributed by atoms with van der Waals surface area (Å²) in [6.07, 6.45) is -3.55. The summed E-state index contributed by atoms with van der Waals surface area (Å²) in [5.74, 6) is -1.25. The van der Waals surface area contributed by atoms with Crippen LogP contribution in [0.2, 0.25) is 0 Å². The van der Waals surface area contributed by atoms with Gasteiger partial charge in [-0.3, -0.25) is 9.36 Å². The third-order valence-electron chi connectivity index (χ3n) is 7.39. The van der Waals surface area contributed by atoms with Gasteiger partial charge >= 0.3 is 12.3 Å². The van der Waals surface area contributed by atoms with Crippen molar-refractivity contribution in [2.24, 2.45) is 5.92 Å². The molecular formula is C28H26F5N3O3. The van der Waals surface area contributed by atoms with Crippen LogP contribution in [0.15, 0.2) is 47.3 Å². The average molecular weight is 548 g/mol. The summed E-state index contributed by atoms with van der Waals surface area (Å²) in [6, 6.07) is 8.59. The van der Waals surface area contributed by atoms with Crippen molar-refractivity contribution in [3.63, 3.8) is 0 Å². The summed E-state index contributed by atoms with van der Waals surface area (Å²) in [4.78, 5) is 32.3. The maximum absolute atomic E-state index is 14.3.